The van der Waals surface area contributed by atoms with Gasteiger partial charge in [-0.3, -0.25) is 9.69 Å². The molecule has 1 aliphatic carbocycles. The Balaban J connectivity index is 1.57. The highest BCUT2D eigenvalue weighted by Gasteiger charge is 2.35. The summed E-state index contributed by atoms with van der Waals surface area (Å²) in [6, 6.07) is 0. The van der Waals surface area contributed by atoms with Crippen molar-refractivity contribution < 1.29 is 4.79 Å². The molecule has 0 radical (unpaired) electrons. The van der Waals surface area contributed by atoms with E-state index in [0.717, 1.165) is 17.2 Å². The Kier molecular flexibility index (Phi) is 5.93. The van der Waals surface area contributed by atoms with Crippen LogP contribution in [-0.4, -0.2) is 47.9 Å². The maximum Gasteiger partial charge on any atom is 0.228 e. The van der Waals surface area contributed by atoms with Gasteiger partial charge >= 0.3 is 0 Å². The Morgan fingerprint density at radius 1 is 1.21 bits per heavy atom. The number of aromatic nitrogens is 1. The van der Waals surface area contributed by atoms with E-state index in [9.17, 15) is 4.79 Å². The van der Waals surface area contributed by atoms with E-state index in [-0.39, 0.29) is 5.91 Å². The van der Waals surface area contributed by atoms with Gasteiger partial charge in [0.1, 0.15) is 5.01 Å². The molecule has 4 nitrogen and oxygen atoms in total. The molecule has 1 aliphatic heterocycles. The summed E-state index contributed by atoms with van der Waals surface area (Å²) in [6.45, 7) is 3.40. The zero-order chi connectivity index (χ0) is 17.0. The summed E-state index contributed by atoms with van der Waals surface area (Å²) < 4.78 is 0. The molecule has 134 valence electrons. The van der Waals surface area contributed by atoms with Crippen molar-refractivity contribution in [3.05, 3.63) is 16.1 Å². The van der Waals surface area contributed by atoms with Crippen LogP contribution in [0.15, 0.2) is 5.38 Å². The fourth-order valence-corrected chi connectivity index (χ4v) is 5.13. The van der Waals surface area contributed by atoms with Crippen LogP contribution >= 0.6 is 11.3 Å². The van der Waals surface area contributed by atoms with Crippen molar-refractivity contribution in [1.82, 2.24) is 14.8 Å². The van der Waals surface area contributed by atoms with E-state index in [2.05, 4.69) is 10.3 Å². The van der Waals surface area contributed by atoms with E-state index in [1.54, 1.807) is 30.3 Å². The number of likely N-dealkylation sites (N-methyl/N-ethyl adjacent to an activating group) is 1. The van der Waals surface area contributed by atoms with Crippen LogP contribution < -0.4 is 0 Å². The molecule has 5 heteroatoms. The molecule has 2 fully saturated rings. The van der Waals surface area contributed by atoms with E-state index in [0.29, 0.717) is 11.8 Å². The summed E-state index contributed by atoms with van der Waals surface area (Å²) >= 11 is 1.63. The molecule has 3 rings (SSSR count). The Morgan fingerprint density at radius 2 is 1.92 bits per heavy atom. The van der Waals surface area contributed by atoms with E-state index < -0.39 is 0 Å². The van der Waals surface area contributed by atoms with Crippen LogP contribution in [0.25, 0.3) is 0 Å². The molecule has 0 unspecified atom stereocenters. The number of carbonyl (C=O) groups is 1. The molecule has 1 saturated heterocycles. The van der Waals surface area contributed by atoms with Gasteiger partial charge in [0.05, 0.1) is 12.1 Å². The molecule has 0 bridgehead atoms. The van der Waals surface area contributed by atoms with Crippen molar-refractivity contribution in [2.75, 3.05) is 27.2 Å². The lowest BCUT2D eigenvalue weighted by Crippen LogP contribution is -2.42. The standard InChI is InChI=1S/C19H31N3OS/c1-21(2)18(23)12-17-20-16(14-24-17)13-22-11-7-10-19(15-22)8-5-3-4-6-9-19/h14H,3-13,15H2,1-2H3. The maximum atomic E-state index is 11.8. The quantitative estimate of drug-likeness (QED) is 0.831. The average molecular weight is 350 g/mol. The molecular weight excluding hydrogens is 318 g/mol. The normalized spacial score (nSPS) is 21.6. The number of piperidine rings is 1. The van der Waals surface area contributed by atoms with Crippen LogP contribution in [0.1, 0.15) is 62.1 Å². The van der Waals surface area contributed by atoms with Gasteiger partial charge in [0.2, 0.25) is 5.91 Å². The van der Waals surface area contributed by atoms with Gasteiger partial charge in [0.15, 0.2) is 0 Å². The first-order valence-electron chi connectivity index (χ1n) is 9.42. The Morgan fingerprint density at radius 3 is 2.62 bits per heavy atom. The van der Waals surface area contributed by atoms with E-state index >= 15 is 0 Å². The van der Waals surface area contributed by atoms with Gasteiger partial charge in [0, 0.05) is 32.6 Å². The highest BCUT2D eigenvalue weighted by atomic mass is 32.1. The lowest BCUT2D eigenvalue weighted by molar-refractivity contribution is -0.127. The molecule has 1 saturated carbocycles. The third kappa shape index (κ3) is 4.57. The highest BCUT2D eigenvalue weighted by molar-refractivity contribution is 7.09. The largest absolute Gasteiger partial charge is 0.348 e. The predicted octanol–water partition coefficient (Wildman–Crippen LogP) is 3.71. The topological polar surface area (TPSA) is 36.4 Å². The van der Waals surface area contributed by atoms with Gasteiger partial charge in [-0.15, -0.1) is 11.3 Å². The highest BCUT2D eigenvalue weighted by Crippen LogP contribution is 2.42. The van der Waals surface area contributed by atoms with Crippen molar-refractivity contribution in [1.29, 1.82) is 0 Å². The number of hydrogen-bond acceptors (Lipinski definition) is 4. The monoisotopic (exact) mass is 349 g/mol. The Hall–Kier alpha value is -0.940. The smallest absolute Gasteiger partial charge is 0.228 e. The first-order chi connectivity index (χ1) is 11.6. The Labute approximate surface area is 150 Å². The summed E-state index contributed by atoms with van der Waals surface area (Å²) in [5, 5.41) is 3.09. The van der Waals surface area contributed by atoms with Crippen molar-refractivity contribution in [3.8, 4) is 0 Å². The molecule has 2 heterocycles. The van der Waals surface area contributed by atoms with E-state index in [1.807, 2.05) is 0 Å². The van der Waals surface area contributed by atoms with Crippen LogP contribution in [0.5, 0.6) is 0 Å². The second-order valence-corrected chi connectivity index (χ2v) is 8.87. The molecule has 1 spiro atoms. The lowest BCUT2D eigenvalue weighted by Gasteiger charge is -2.42. The predicted molar refractivity (Wildman–Crippen MR) is 99.2 cm³/mol. The molecule has 24 heavy (non-hydrogen) atoms. The third-order valence-corrected chi connectivity index (χ3v) is 6.59. The van der Waals surface area contributed by atoms with E-state index in [4.69, 9.17) is 4.98 Å². The van der Waals surface area contributed by atoms with Gasteiger partial charge in [-0.1, -0.05) is 25.7 Å². The Bertz CT molecular complexity index is 547. The minimum Gasteiger partial charge on any atom is -0.348 e. The molecule has 1 amide bonds. The van der Waals surface area contributed by atoms with Crippen molar-refractivity contribution >= 4 is 17.2 Å². The maximum absolute atomic E-state index is 11.8. The molecular formula is C19H31N3OS. The number of likely N-dealkylation sites (tertiary alicyclic amines) is 1. The van der Waals surface area contributed by atoms with Crippen molar-refractivity contribution in [3.63, 3.8) is 0 Å². The first kappa shape index (κ1) is 17.9. The van der Waals surface area contributed by atoms with Crippen LogP contribution in [0.4, 0.5) is 0 Å². The lowest BCUT2D eigenvalue weighted by atomic mass is 9.74. The first-order valence-corrected chi connectivity index (χ1v) is 10.3. The van der Waals surface area contributed by atoms with Gasteiger partial charge in [-0.25, -0.2) is 4.98 Å². The molecule has 0 aromatic carbocycles. The summed E-state index contributed by atoms with van der Waals surface area (Å²) in [6.07, 6.45) is 11.7. The van der Waals surface area contributed by atoms with Crippen LogP contribution in [0.3, 0.4) is 0 Å². The number of carbonyl (C=O) groups excluding carboxylic acids is 1. The van der Waals surface area contributed by atoms with E-state index in [1.165, 1.54) is 64.5 Å². The van der Waals surface area contributed by atoms with Crippen molar-refractivity contribution in [2.24, 2.45) is 5.41 Å². The van der Waals surface area contributed by atoms with Gasteiger partial charge in [0.25, 0.3) is 0 Å². The van der Waals surface area contributed by atoms with Crippen molar-refractivity contribution in [2.45, 2.75) is 64.3 Å². The minimum atomic E-state index is 0.131. The zero-order valence-corrected chi connectivity index (χ0v) is 16.0. The summed E-state index contributed by atoms with van der Waals surface area (Å²) in [7, 11) is 3.60. The van der Waals surface area contributed by atoms with Gasteiger partial charge in [-0.05, 0) is 37.6 Å². The number of thiazole rings is 1. The van der Waals surface area contributed by atoms with Crippen LogP contribution in [-0.2, 0) is 17.8 Å². The minimum absolute atomic E-state index is 0.131. The second kappa shape index (κ2) is 7.96. The summed E-state index contributed by atoms with van der Waals surface area (Å²) in [5.41, 5.74) is 1.72. The fraction of sp³-hybridized carbons (Fsp3) is 0.789. The molecule has 1 aromatic heterocycles. The number of nitrogens with zero attached hydrogens (tertiary/aromatic N) is 3. The molecule has 0 N–H and O–H groups in total. The molecule has 2 aliphatic rings. The van der Waals surface area contributed by atoms with Crippen LogP contribution in [0.2, 0.25) is 0 Å². The fourth-order valence-electron chi connectivity index (χ4n) is 4.35. The second-order valence-electron chi connectivity index (χ2n) is 7.93. The summed E-state index contributed by atoms with van der Waals surface area (Å²) in [5.74, 6) is 0.131. The zero-order valence-electron chi connectivity index (χ0n) is 15.2. The van der Waals surface area contributed by atoms with Gasteiger partial charge in [-0.2, -0.15) is 0 Å². The molecule has 0 atom stereocenters. The number of amides is 1. The molecule has 1 aromatic rings. The average Bonchev–Trinajstić information content (AvgIpc) is 2.85. The number of hydrogen-bond donors (Lipinski definition) is 0. The van der Waals surface area contributed by atoms with Crippen LogP contribution in [0, 0.1) is 5.41 Å². The number of rotatable bonds is 4. The summed E-state index contributed by atoms with van der Waals surface area (Å²) in [4.78, 5) is 20.8. The third-order valence-electron chi connectivity index (χ3n) is 5.69. The van der Waals surface area contributed by atoms with Gasteiger partial charge < -0.3 is 4.90 Å². The SMILES string of the molecule is CN(C)C(=O)Cc1nc(CN2CCCC3(CCCCCC3)C2)cs1.